The van der Waals surface area contributed by atoms with Gasteiger partial charge in [-0.15, -0.1) is 0 Å². The van der Waals surface area contributed by atoms with Crippen LogP contribution in [0.5, 0.6) is 5.75 Å². The first-order valence-corrected chi connectivity index (χ1v) is 9.89. The van der Waals surface area contributed by atoms with E-state index in [0.717, 1.165) is 22.9 Å². The molecule has 0 radical (unpaired) electrons. The van der Waals surface area contributed by atoms with Gasteiger partial charge in [0.05, 0.1) is 12.1 Å². The number of aliphatic hydroxyl groups is 1. The van der Waals surface area contributed by atoms with Crippen molar-refractivity contribution in [2.75, 3.05) is 18.5 Å². The van der Waals surface area contributed by atoms with Gasteiger partial charge in [-0.25, -0.2) is 14.6 Å². The third-order valence-corrected chi connectivity index (χ3v) is 4.98. The smallest absolute Gasteiger partial charge is 0.240 e. The number of nitrogens with one attached hydrogen (secondary N) is 1. The van der Waals surface area contributed by atoms with E-state index in [4.69, 9.17) is 20.6 Å². The number of hydrogen-bond donors (Lipinski definition) is 3. The molecule has 0 spiro atoms. The van der Waals surface area contributed by atoms with E-state index in [2.05, 4.69) is 15.4 Å². The SMILES string of the molecule is CC(C)n1ncnc1-c1cn2c(n1)-c1ccc(N[C@@H](CCO)C(N)=O)cc1OCC2. The molecule has 2 aromatic heterocycles. The maximum atomic E-state index is 11.6. The Balaban J connectivity index is 1.68. The van der Waals surface area contributed by atoms with Gasteiger partial charge in [-0.05, 0) is 32.4 Å². The van der Waals surface area contributed by atoms with Crippen molar-refractivity contribution in [1.82, 2.24) is 24.3 Å². The third-order valence-electron chi connectivity index (χ3n) is 4.98. The molecule has 1 aromatic carbocycles. The zero-order valence-electron chi connectivity index (χ0n) is 16.9. The maximum absolute atomic E-state index is 11.6. The van der Waals surface area contributed by atoms with Gasteiger partial charge in [0.25, 0.3) is 0 Å². The highest BCUT2D eigenvalue weighted by Crippen LogP contribution is 2.35. The van der Waals surface area contributed by atoms with E-state index < -0.39 is 11.9 Å². The van der Waals surface area contributed by atoms with Crippen molar-refractivity contribution in [3.63, 3.8) is 0 Å². The van der Waals surface area contributed by atoms with Gasteiger partial charge in [-0.3, -0.25) is 4.79 Å². The van der Waals surface area contributed by atoms with E-state index in [1.807, 2.05) is 47.5 Å². The Labute approximate surface area is 173 Å². The van der Waals surface area contributed by atoms with Crippen LogP contribution in [0.1, 0.15) is 26.3 Å². The largest absolute Gasteiger partial charge is 0.491 e. The molecule has 10 nitrogen and oxygen atoms in total. The van der Waals surface area contributed by atoms with Crippen molar-refractivity contribution in [3.05, 3.63) is 30.7 Å². The minimum absolute atomic E-state index is 0.136. The molecule has 0 aliphatic carbocycles. The Morgan fingerprint density at radius 2 is 2.20 bits per heavy atom. The lowest BCUT2D eigenvalue weighted by Gasteiger charge is -2.17. The van der Waals surface area contributed by atoms with Crippen molar-refractivity contribution < 1.29 is 14.6 Å². The lowest BCUT2D eigenvalue weighted by molar-refractivity contribution is -0.119. The topological polar surface area (TPSA) is 133 Å². The highest BCUT2D eigenvalue weighted by Gasteiger charge is 2.22. The summed E-state index contributed by atoms with van der Waals surface area (Å²) in [5.74, 6) is 1.65. The number of carbonyl (C=O) groups is 1. The van der Waals surface area contributed by atoms with Gasteiger partial charge in [0.1, 0.15) is 36.2 Å². The van der Waals surface area contributed by atoms with Crippen LogP contribution in [-0.4, -0.2) is 54.6 Å². The van der Waals surface area contributed by atoms with Crippen molar-refractivity contribution in [2.45, 2.75) is 38.9 Å². The second kappa shape index (κ2) is 8.15. The van der Waals surface area contributed by atoms with E-state index >= 15 is 0 Å². The van der Waals surface area contributed by atoms with Gasteiger partial charge in [0, 0.05) is 30.6 Å². The molecule has 3 aromatic rings. The Morgan fingerprint density at radius 1 is 1.37 bits per heavy atom. The molecule has 1 aliphatic rings. The number of hydrogen-bond acceptors (Lipinski definition) is 7. The van der Waals surface area contributed by atoms with Crippen LogP contribution in [0.4, 0.5) is 5.69 Å². The fraction of sp³-hybridized carbons (Fsp3) is 0.400. The number of benzene rings is 1. The van der Waals surface area contributed by atoms with Crippen LogP contribution >= 0.6 is 0 Å². The minimum Gasteiger partial charge on any atom is -0.491 e. The number of aromatic nitrogens is 5. The summed E-state index contributed by atoms with van der Waals surface area (Å²) in [6.45, 7) is 5.08. The normalized spacial score (nSPS) is 13.9. The number of carbonyl (C=O) groups excluding carboxylic acids is 1. The molecule has 0 fully saturated rings. The zero-order valence-corrected chi connectivity index (χ0v) is 16.9. The van der Waals surface area contributed by atoms with Crippen molar-refractivity contribution in [3.8, 4) is 28.7 Å². The summed E-state index contributed by atoms with van der Waals surface area (Å²) in [7, 11) is 0. The van der Waals surface area contributed by atoms with Gasteiger partial charge in [0.2, 0.25) is 5.91 Å². The summed E-state index contributed by atoms with van der Waals surface area (Å²) >= 11 is 0. The molecule has 0 saturated carbocycles. The lowest BCUT2D eigenvalue weighted by atomic mass is 10.1. The number of nitrogens with two attached hydrogens (primary N) is 1. The molecule has 0 bridgehead atoms. The first-order valence-electron chi connectivity index (χ1n) is 9.89. The quantitative estimate of drug-likeness (QED) is 0.535. The molecule has 0 saturated heterocycles. The van der Waals surface area contributed by atoms with Gasteiger partial charge in [-0.1, -0.05) is 0 Å². The minimum atomic E-state index is -0.658. The highest BCUT2D eigenvalue weighted by molar-refractivity contribution is 5.83. The first kappa shape index (κ1) is 19.9. The van der Waals surface area contributed by atoms with Crippen molar-refractivity contribution in [2.24, 2.45) is 5.73 Å². The molecule has 10 heteroatoms. The van der Waals surface area contributed by atoms with Gasteiger partial charge in [-0.2, -0.15) is 5.10 Å². The Kier molecular flexibility index (Phi) is 5.40. The summed E-state index contributed by atoms with van der Waals surface area (Å²) in [5, 5.41) is 16.5. The second-order valence-corrected chi connectivity index (χ2v) is 7.44. The van der Waals surface area contributed by atoms with Gasteiger partial charge in [0.15, 0.2) is 5.82 Å². The van der Waals surface area contributed by atoms with E-state index in [-0.39, 0.29) is 19.1 Å². The Bertz CT molecular complexity index is 1060. The fourth-order valence-corrected chi connectivity index (χ4v) is 3.51. The number of fused-ring (bicyclic) bond motifs is 3. The summed E-state index contributed by atoms with van der Waals surface area (Å²) in [6.07, 6.45) is 3.74. The molecular weight excluding hydrogens is 386 g/mol. The van der Waals surface area contributed by atoms with Crippen molar-refractivity contribution in [1.29, 1.82) is 0 Å². The van der Waals surface area contributed by atoms with E-state index in [0.29, 0.717) is 24.6 Å². The van der Waals surface area contributed by atoms with Crippen LogP contribution in [-0.2, 0) is 11.3 Å². The third kappa shape index (κ3) is 3.73. The summed E-state index contributed by atoms with van der Waals surface area (Å²) < 4.78 is 9.82. The number of imidazole rings is 1. The maximum Gasteiger partial charge on any atom is 0.240 e. The van der Waals surface area contributed by atoms with Crippen LogP contribution in [0.15, 0.2) is 30.7 Å². The van der Waals surface area contributed by atoms with Gasteiger partial charge >= 0.3 is 0 Å². The number of aliphatic hydroxyl groups excluding tert-OH is 1. The molecule has 158 valence electrons. The average Bonchev–Trinajstić information content (AvgIpc) is 3.32. The van der Waals surface area contributed by atoms with Crippen LogP contribution in [0.2, 0.25) is 0 Å². The number of amides is 1. The van der Waals surface area contributed by atoms with Gasteiger partial charge < -0.3 is 25.5 Å². The molecule has 1 amide bonds. The predicted octanol–water partition coefficient (Wildman–Crippen LogP) is 1.43. The fourth-order valence-electron chi connectivity index (χ4n) is 3.51. The van der Waals surface area contributed by atoms with Crippen LogP contribution in [0.25, 0.3) is 22.9 Å². The molecule has 0 unspecified atom stereocenters. The zero-order chi connectivity index (χ0) is 21.3. The van der Waals surface area contributed by atoms with E-state index in [1.165, 1.54) is 6.33 Å². The summed E-state index contributed by atoms with van der Waals surface area (Å²) in [4.78, 5) is 20.8. The number of primary amides is 1. The molecule has 4 N–H and O–H groups in total. The second-order valence-electron chi connectivity index (χ2n) is 7.44. The molecule has 1 atom stereocenters. The molecule has 4 rings (SSSR count). The summed E-state index contributed by atoms with van der Waals surface area (Å²) in [5.41, 5.74) is 7.69. The lowest BCUT2D eigenvalue weighted by Crippen LogP contribution is -2.36. The predicted molar refractivity (Wildman–Crippen MR) is 111 cm³/mol. The first-order chi connectivity index (χ1) is 14.5. The van der Waals surface area contributed by atoms with Crippen LogP contribution < -0.4 is 15.8 Å². The summed E-state index contributed by atoms with van der Waals surface area (Å²) in [6, 6.07) is 5.08. The molecular formula is C20H25N7O3. The van der Waals surface area contributed by atoms with Crippen LogP contribution in [0.3, 0.4) is 0 Å². The highest BCUT2D eigenvalue weighted by atomic mass is 16.5. The number of ether oxygens (including phenoxy) is 1. The number of rotatable bonds is 7. The Morgan fingerprint density at radius 3 is 2.93 bits per heavy atom. The standard InChI is InChI=1S/C20H25N7O3/c1-12(2)27-20(22-11-23-27)16-10-26-6-8-30-17-9-13(3-4-14(17)19(26)25-16)24-15(5-7-28)18(21)29/h3-4,9-12,15,24,28H,5-8H2,1-2H3,(H2,21,29)/t15-/m0/s1. The molecule has 3 heterocycles. The molecule has 1 aliphatic heterocycles. The Hall–Kier alpha value is -3.40. The van der Waals surface area contributed by atoms with Crippen molar-refractivity contribution >= 4 is 11.6 Å². The van der Waals surface area contributed by atoms with E-state index in [9.17, 15) is 4.79 Å². The van der Waals surface area contributed by atoms with Crippen LogP contribution in [0, 0.1) is 0 Å². The number of anilines is 1. The molecule has 30 heavy (non-hydrogen) atoms. The average molecular weight is 411 g/mol. The monoisotopic (exact) mass is 411 g/mol. The number of nitrogens with zero attached hydrogens (tertiary/aromatic N) is 5. The van der Waals surface area contributed by atoms with E-state index in [1.54, 1.807) is 0 Å².